The van der Waals surface area contributed by atoms with Gasteiger partial charge in [-0.1, -0.05) is 50.2 Å². The number of imidazole rings is 1. The lowest BCUT2D eigenvalue weighted by molar-refractivity contribution is 0.0786. The number of benzene rings is 1. The summed E-state index contributed by atoms with van der Waals surface area (Å²) in [5.74, 6) is 0.0672. The number of amides is 1. The zero-order valence-corrected chi connectivity index (χ0v) is 17.9. The number of rotatable bonds is 6. The zero-order valence-electron chi connectivity index (χ0n) is 17.9. The quantitative estimate of drug-likeness (QED) is 0.677. The molecule has 2 aromatic heterocycles. The van der Waals surface area contributed by atoms with E-state index in [0.717, 1.165) is 43.8 Å². The van der Waals surface area contributed by atoms with E-state index in [1.54, 1.807) is 0 Å². The standard InChI is InChI=1S/C25H30N4O/c1-24(2)17-25(24,19-10-4-3-5-11-19)18-26-16-20-22(23(30)28-13-8-9-14-28)27-21-12-6-7-15-29(20)21/h3-7,10-12,15,26H,8-9,13-14,16-18H2,1-2H3. The normalized spacial score (nSPS) is 22.5. The molecule has 2 fully saturated rings. The van der Waals surface area contributed by atoms with E-state index in [0.29, 0.717) is 12.2 Å². The minimum atomic E-state index is 0.0672. The number of nitrogens with zero attached hydrogens (tertiary/aromatic N) is 3. The van der Waals surface area contributed by atoms with Gasteiger partial charge in [0.25, 0.3) is 5.91 Å². The monoisotopic (exact) mass is 402 g/mol. The van der Waals surface area contributed by atoms with E-state index in [2.05, 4.69) is 53.9 Å². The molecule has 3 heterocycles. The Morgan fingerprint density at radius 3 is 2.47 bits per heavy atom. The van der Waals surface area contributed by atoms with Crippen molar-refractivity contribution in [2.24, 2.45) is 5.41 Å². The Kier molecular flexibility index (Phi) is 4.66. The summed E-state index contributed by atoms with van der Waals surface area (Å²) < 4.78 is 2.06. The first-order chi connectivity index (χ1) is 14.5. The van der Waals surface area contributed by atoms with Crippen LogP contribution in [0, 0.1) is 5.41 Å². The lowest BCUT2D eigenvalue weighted by Gasteiger charge is -2.22. The van der Waals surface area contributed by atoms with Gasteiger partial charge < -0.3 is 14.6 Å². The molecule has 1 amide bonds. The van der Waals surface area contributed by atoms with Crippen LogP contribution in [0.2, 0.25) is 0 Å². The first-order valence-electron chi connectivity index (χ1n) is 11.0. The molecule has 5 rings (SSSR count). The van der Waals surface area contributed by atoms with Crippen molar-refractivity contribution in [1.29, 1.82) is 0 Å². The highest BCUT2D eigenvalue weighted by Crippen LogP contribution is 2.63. The number of carbonyl (C=O) groups is 1. The van der Waals surface area contributed by atoms with Gasteiger partial charge in [-0.2, -0.15) is 0 Å². The van der Waals surface area contributed by atoms with Crippen LogP contribution in [0.3, 0.4) is 0 Å². The molecule has 1 aromatic carbocycles. The number of pyridine rings is 1. The molecule has 1 atom stereocenters. The average molecular weight is 403 g/mol. The molecule has 5 nitrogen and oxygen atoms in total. The topological polar surface area (TPSA) is 49.6 Å². The van der Waals surface area contributed by atoms with Crippen molar-refractivity contribution >= 4 is 11.6 Å². The molecule has 1 aliphatic heterocycles. The Labute approximate surface area is 178 Å². The van der Waals surface area contributed by atoms with Gasteiger partial charge in [-0.05, 0) is 42.4 Å². The van der Waals surface area contributed by atoms with Crippen LogP contribution in [0.25, 0.3) is 5.65 Å². The first kappa shape index (κ1) is 19.3. The van der Waals surface area contributed by atoms with Gasteiger partial charge in [0.1, 0.15) is 5.65 Å². The third-order valence-corrected chi connectivity index (χ3v) is 7.18. The molecule has 1 aliphatic carbocycles. The average Bonchev–Trinajstić information content (AvgIpc) is 3.17. The molecule has 0 radical (unpaired) electrons. The highest BCUT2D eigenvalue weighted by Gasteiger charge is 2.61. The molecule has 3 aromatic rings. The largest absolute Gasteiger partial charge is 0.337 e. The SMILES string of the molecule is CC1(C)CC1(CNCc1c(C(=O)N2CCCC2)nc2ccccn12)c1ccccc1. The summed E-state index contributed by atoms with van der Waals surface area (Å²) in [6.45, 7) is 7.89. The summed E-state index contributed by atoms with van der Waals surface area (Å²) in [4.78, 5) is 19.8. The smallest absolute Gasteiger partial charge is 0.274 e. The maximum absolute atomic E-state index is 13.2. The Hall–Kier alpha value is -2.66. The predicted octanol–water partition coefficient (Wildman–Crippen LogP) is 4.03. The Bertz CT molecular complexity index is 1070. The van der Waals surface area contributed by atoms with Crippen LogP contribution in [0.4, 0.5) is 0 Å². The highest BCUT2D eigenvalue weighted by molar-refractivity contribution is 5.94. The summed E-state index contributed by atoms with van der Waals surface area (Å²) in [5, 5.41) is 3.69. The van der Waals surface area contributed by atoms with E-state index in [1.807, 2.05) is 29.3 Å². The van der Waals surface area contributed by atoms with Crippen LogP contribution in [-0.2, 0) is 12.0 Å². The number of hydrogen-bond donors (Lipinski definition) is 1. The van der Waals surface area contributed by atoms with Crippen LogP contribution in [-0.4, -0.2) is 39.8 Å². The van der Waals surface area contributed by atoms with E-state index >= 15 is 0 Å². The summed E-state index contributed by atoms with van der Waals surface area (Å²) in [5.41, 5.74) is 4.21. The number of fused-ring (bicyclic) bond motifs is 1. The Morgan fingerprint density at radius 2 is 1.77 bits per heavy atom. The first-order valence-corrected chi connectivity index (χ1v) is 11.0. The van der Waals surface area contributed by atoms with Crippen LogP contribution in [0.1, 0.15) is 54.9 Å². The molecule has 30 heavy (non-hydrogen) atoms. The van der Waals surface area contributed by atoms with Crippen molar-refractivity contribution in [2.45, 2.75) is 45.1 Å². The molecule has 1 N–H and O–H groups in total. The van der Waals surface area contributed by atoms with Crippen molar-refractivity contribution in [3.05, 3.63) is 71.7 Å². The van der Waals surface area contributed by atoms with E-state index in [1.165, 1.54) is 12.0 Å². The molecule has 0 spiro atoms. The summed E-state index contributed by atoms with van der Waals surface area (Å²) in [6.07, 6.45) is 5.35. The molecule has 156 valence electrons. The molecule has 0 bridgehead atoms. The Morgan fingerprint density at radius 1 is 1.07 bits per heavy atom. The van der Waals surface area contributed by atoms with E-state index in [-0.39, 0.29) is 16.7 Å². The van der Waals surface area contributed by atoms with E-state index in [9.17, 15) is 4.79 Å². The van der Waals surface area contributed by atoms with Gasteiger partial charge >= 0.3 is 0 Å². The maximum atomic E-state index is 13.2. The maximum Gasteiger partial charge on any atom is 0.274 e. The van der Waals surface area contributed by atoms with Crippen molar-refractivity contribution in [2.75, 3.05) is 19.6 Å². The van der Waals surface area contributed by atoms with Gasteiger partial charge in [0.2, 0.25) is 0 Å². The van der Waals surface area contributed by atoms with Gasteiger partial charge in [-0.15, -0.1) is 0 Å². The van der Waals surface area contributed by atoms with Crippen LogP contribution in [0.15, 0.2) is 54.7 Å². The number of aromatic nitrogens is 2. The van der Waals surface area contributed by atoms with Crippen LogP contribution in [0.5, 0.6) is 0 Å². The molecule has 5 heteroatoms. The molecular formula is C25H30N4O. The molecule has 1 unspecified atom stereocenters. The number of nitrogens with one attached hydrogen (secondary N) is 1. The van der Waals surface area contributed by atoms with Gasteiger partial charge in [0.05, 0.1) is 5.69 Å². The van der Waals surface area contributed by atoms with Gasteiger partial charge in [0.15, 0.2) is 5.69 Å². The zero-order chi connectivity index (χ0) is 20.8. The predicted molar refractivity (Wildman–Crippen MR) is 119 cm³/mol. The third-order valence-electron chi connectivity index (χ3n) is 7.18. The van der Waals surface area contributed by atoms with Crippen molar-refractivity contribution in [3.8, 4) is 0 Å². The second-order valence-corrected chi connectivity index (χ2v) is 9.45. The van der Waals surface area contributed by atoms with Crippen molar-refractivity contribution in [3.63, 3.8) is 0 Å². The molecular weight excluding hydrogens is 372 g/mol. The van der Waals surface area contributed by atoms with Gasteiger partial charge in [0, 0.05) is 37.8 Å². The van der Waals surface area contributed by atoms with Crippen molar-refractivity contribution < 1.29 is 4.79 Å². The summed E-state index contributed by atoms with van der Waals surface area (Å²) in [7, 11) is 0. The van der Waals surface area contributed by atoms with Crippen molar-refractivity contribution in [1.82, 2.24) is 19.6 Å². The minimum Gasteiger partial charge on any atom is -0.337 e. The fraction of sp³-hybridized carbons (Fsp3) is 0.440. The van der Waals surface area contributed by atoms with E-state index in [4.69, 9.17) is 4.98 Å². The molecule has 1 saturated carbocycles. The molecule has 1 saturated heterocycles. The number of hydrogen-bond acceptors (Lipinski definition) is 3. The van der Waals surface area contributed by atoms with Gasteiger partial charge in [-0.3, -0.25) is 4.79 Å². The number of likely N-dealkylation sites (tertiary alicyclic amines) is 1. The fourth-order valence-electron chi connectivity index (χ4n) is 5.22. The lowest BCUT2D eigenvalue weighted by Crippen LogP contribution is -2.32. The third kappa shape index (κ3) is 3.12. The van der Waals surface area contributed by atoms with Crippen LogP contribution >= 0.6 is 0 Å². The molecule has 2 aliphatic rings. The fourth-order valence-corrected chi connectivity index (χ4v) is 5.22. The van der Waals surface area contributed by atoms with Gasteiger partial charge in [-0.25, -0.2) is 4.98 Å². The van der Waals surface area contributed by atoms with Crippen LogP contribution < -0.4 is 5.32 Å². The summed E-state index contributed by atoms with van der Waals surface area (Å²) in [6, 6.07) is 16.8. The summed E-state index contributed by atoms with van der Waals surface area (Å²) >= 11 is 0. The lowest BCUT2D eigenvalue weighted by atomic mass is 9.88. The second-order valence-electron chi connectivity index (χ2n) is 9.45. The minimum absolute atomic E-state index is 0.0672. The van der Waals surface area contributed by atoms with E-state index < -0.39 is 0 Å². The Balaban J connectivity index is 1.40. The number of carbonyl (C=O) groups excluding carboxylic acids is 1. The highest BCUT2D eigenvalue weighted by atomic mass is 16.2. The second kappa shape index (κ2) is 7.24.